The number of hydrogen-bond acceptors (Lipinski definition) is 2. The molecular formula is C8H5NO4Se. The average molecular weight is 258 g/mol. The molecule has 2 aromatic heterocycles. The van der Waals surface area contributed by atoms with E-state index in [-0.39, 0.29) is 25.8 Å². The van der Waals surface area contributed by atoms with E-state index < -0.39 is 11.9 Å². The summed E-state index contributed by atoms with van der Waals surface area (Å²) in [5.74, 6) is -2.08. The van der Waals surface area contributed by atoms with Crippen LogP contribution in [0.15, 0.2) is 11.0 Å². The van der Waals surface area contributed by atoms with Gasteiger partial charge in [-0.3, -0.25) is 0 Å². The number of carboxylic acids is 2. The van der Waals surface area contributed by atoms with Gasteiger partial charge in [0, 0.05) is 0 Å². The fourth-order valence-electron chi connectivity index (χ4n) is 1.19. The van der Waals surface area contributed by atoms with Crippen LogP contribution in [0.4, 0.5) is 0 Å². The molecule has 5 nitrogen and oxygen atoms in total. The van der Waals surface area contributed by atoms with Gasteiger partial charge in [-0.05, 0) is 0 Å². The first kappa shape index (κ1) is 9.05. The third-order valence-electron chi connectivity index (χ3n) is 1.83. The van der Waals surface area contributed by atoms with Crippen molar-refractivity contribution < 1.29 is 19.8 Å². The molecule has 0 aliphatic carbocycles. The van der Waals surface area contributed by atoms with Gasteiger partial charge in [0.2, 0.25) is 0 Å². The van der Waals surface area contributed by atoms with Crippen LogP contribution in [0.2, 0.25) is 0 Å². The normalized spacial score (nSPS) is 10.6. The quantitative estimate of drug-likeness (QED) is 0.689. The number of rotatable bonds is 2. The van der Waals surface area contributed by atoms with Crippen molar-refractivity contribution in [1.82, 2.24) is 4.98 Å². The van der Waals surface area contributed by atoms with E-state index in [2.05, 4.69) is 4.98 Å². The monoisotopic (exact) mass is 259 g/mol. The number of carbonyl (C=O) groups is 2. The number of aromatic amines is 1. The van der Waals surface area contributed by atoms with Crippen LogP contribution in [0, 0.1) is 0 Å². The second-order valence-corrected chi connectivity index (χ2v) is 4.53. The summed E-state index contributed by atoms with van der Waals surface area (Å²) in [6, 6.07) is 1.37. The van der Waals surface area contributed by atoms with Crippen LogP contribution in [0.25, 0.3) is 9.78 Å². The van der Waals surface area contributed by atoms with Gasteiger partial charge in [-0.15, -0.1) is 0 Å². The standard InChI is InChI=1S/C8H5NO4Se/c10-7(11)4-2-14-6-3(4)1-5(9-6)8(12)13/h1-2,9H,(H,10,11)(H,12,13). The van der Waals surface area contributed by atoms with E-state index >= 15 is 0 Å². The zero-order valence-corrected chi connectivity index (χ0v) is 8.49. The number of H-pyrrole nitrogens is 1. The van der Waals surface area contributed by atoms with Crippen LogP contribution in [0.3, 0.4) is 0 Å². The van der Waals surface area contributed by atoms with Gasteiger partial charge >= 0.3 is 83.3 Å². The Balaban J connectivity index is 2.67. The summed E-state index contributed by atoms with van der Waals surface area (Å²) in [5.41, 5.74) is 0.243. The number of aromatic carboxylic acids is 2. The number of hydrogen-bond donors (Lipinski definition) is 3. The predicted octanol–water partition coefficient (Wildman–Crippen LogP) is 0.621. The Morgan fingerprint density at radius 3 is 2.57 bits per heavy atom. The third-order valence-corrected chi connectivity index (χ3v) is 3.74. The summed E-state index contributed by atoms with van der Waals surface area (Å²) in [6.07, 6.45) is 0. The SMILES string of the molecule is O=C(O)c1cc2c(C(=O)O)c[se]c2[nH]1. The van der Waals surface area contributed by atoms with E-state index in [1.165, 1.54) is 6.07 Å². The molecule has 0 bridgehead atoms. The molecule has 0 saturated heterocycles. The van der Waals surface area contributed by atoms with E-state index in [4.69, 9.17) is 10.2 Å². The molecule has 14 heavy (non-hydrogen) atoms. The van der Waals surface area contributed by atoms with Gasteiger partial charge in [-0.2, -0.15) is 0 Å². The molecular weight excluding hydrogens is 253 g/mol. The number of aromatic nitrogens is 1. The van der Waals surface area contributed by atoms with E-state index in [1.807, 2.05) is 0 Å². The summed E-state index contributed by atoms with van der Waals surface area (Å²) in [4.78, 5) is 25.6. The van der Waals surface area contributed by atoms with Crippen molar-refractivity contribution in [2.24, 2.45) is 0 Å². The summed E-state index contributed by atoms with van der Waals surface area (Å²) >= 11 is -0.100. The molecule has 0 unspecified atom stereocenters. The zero-order chi connectivity index (χ0) is 10.3. The molecule has 6 heteroatoms. The molecule has 2 heterocycles. The maximum absolute atomic E-state index is 10.7. The Bertz CT molecular complexity index is 524. The van der Waals surface area contributed by atoms with Crippen LogP contribution < -0.4 is 0 Å². The fraction of sp³-hybridized carbons (Fsp3) is 0. The molecule has 0 fully saturated rings. The van der Waals surface area contributed by atoms with Crippen LogP contribution >= 0.6 is 0 Å². The van der Waals surface area contributed by atoms with Crippen molar-refractivity contribution in [2.75, 3.05) is 0 Å². The average Bonchev–Trinajstić information content (AvgIpc) is 2.58. The minimum atomic E-state index is -1.07. The first-order chi connectivity index (χ1) is 6.59. The van der Waals surface area contributed by atoms with Crippen molar-refractivity contribution in [3.05, 3.63) is 22.3 Å². The predicted molar refractivity (Wildman–Crippen MR) is 49.2 cm³/mol. The van der Waals surface area contributed by atoms with Gasteiger partial charge in [-0.1, -0.05) is 0 Å². The van der Waals surface area contributed by atoms with Crippen molar-refractivity contribution in [2.45, 2.75) is 0 Å². The van der Waals surface area contributed by atoms with Crippen molar-refractivity contribution in [3.63, 3.8) is 0 Å². The Morgan fingerprint density at radius 2 is 2.00 bits per heavy atom. The molecule has 0 saturated carbocycles. The minimum absolute atomic E-state index is 0.0451. The molecule has 0 atom stereocenters. The second-order valence-electron chi connectivity index (χ2n) is 2.69. The molecule has 0 radical (unpaired) electrons. The molecule has 3 N–H and O–H groups in total. The maximum atomic E-state index is 10.7. The fourth-order valence-corrected chi connectivity index (χ4v) is 3.14. The molecule has 0 aromatic carbocycles. The van der Waals surface area contributed by atoms with Crippen molar-refractivity contribution in [3.8, 4) is 0 Å². The van der Waals surface area contributed by atoms with Crippen LogP contribution in [-0.4, -0.2) is 41.6 Å². The van der Waals surface area contributed by atoms with Crippen LogP contribution in [0.5, 0.6) is 0 Å². The molecule has 0 spiro atoms. The number of carboxylic acid groups (broad SMARTS) is 2. The topological polar surface area (TPSA) is 90.4 Å². The number of nitrogens with one attached hydrogen (secondary N) is 1. The van der Waals surface area contributed by atoms with Gasteiger partial charge in [0.05, 0.1) is 0 Å². The van der Waals surface area contributed by atoms with Crippen molar-refractivity contribution in [1.29, 1.82) is 0 Å². The Morgan fingerprint density at radius 1 is 1.29 bits per heavy atom. The first-order valence-corrected chi connectivity index (χ1v) is 5.51. The van der Waals surface area contributed by atoms with Crippen LogP contribution in [0.1, 0.15) is 20.8 Å². The molecule has 72 valence electrons. The molecule has 2 rings (SSSR count). The number of fused-ring (bicyclic) bond motifs is 1. The van der Waals surface area contributed by atoms with E-state index in [9.17, 15) is 9.59 Å². The van der Waals surface area contributed by atoms with Gasteiger partial charge in [0.15, 0.2) is 0 Å². The van der Waals surface area contributed by atoms with Crippen molar-refractivity contribution >= 4 is 36.2 Å². The molecule has 0 aliphatic heterocycles. The van der Waals surface area contributed by atoms with Gasteiger partial charge < -0.3 is 0 Å². The molecule has 2 aromatic rings. The van der Waals surface area contributed by atoms with Gasteiger partial charge in [0.1, 0.15) is 0 Å². The van der Waals surface area contributed by atoms with Crippen LogP contribution in [-0.2, 0) is 0 Å². The summed E-state index contributed by atoms with van der Waals surface area (Å²) in [6.45, 7) is 0. The van der Waals surface area contributed by atoms with Gasteiger partial charge in [-0.25, -0.2) is 0 Å². The van der Waals surface area contributed by atoms with E-state index in [0.29, 0.717) is 9.78 Å². The second kappa shape index (κ2) is 3.01. The third kappa shape index (κ3) is 1.25. The van der Waals surface area contributed by atoms with Gasteiger partial charge in [0.25, 0.3) is 0 Å². The summed E-state index contributed by atoms with van der Waals surface area (Å²) < 4.78 is 0.715. The summed E-state index contributed by atoms with van der Waals surface area (Å²) in [5, 5.41) is 18.0. The Labute approximate surface area is 83.7 Å². The molecule has 0 aliphatic rings. The Kier molecular flexibility index (Phi) is 1.94. The Hall–Kier alpha value is -1.52. The van der Waals surface area contributed by atoms with E-state index in [1.54, 1.807) is 4.94 Å². The first-order valence-electron chi connectivity index (χ1n) is 3.66. The molecule has 0 amide bonds. The summed E-state index contributed by atoms with van der Waals surface area (Å²) in [7, 11) is 0. The zero-order valence-electron chi connectivity index (χ0n) is 6.77. The van der Waals surface area contributed by atoms with E-state index in [0.717, 1.165) is 0 Å².